The van der Waals surface area contributed by atoms with Crippen molar-refractivity contribution in [3.05, 3.63) is 46.5 Å². The quantitative estimate of drug-likeness (QED) is 0.883. The Kier molecular flexibility index (Phi) is 4.07. The fourth-order valence-electron chi connectivity index (χ4n) is 1.62. The smallest absolute Gasteiger partial charge is 0.239 e. The molecule has 1 amide bonds. The monoisotopic (exact) mass is 261 g/mol. The van der Waals surface area contributed by atoms with E-state index in [0.717, 1.165) is 12.1 Å². The second-order valence-electron chi connectivity index (χ2n) is 4.00. The van der Waals surface area contributed by atoms with Crippen LogP contribution in [0.1, 0.15) is 16.8 Å². The lowest BCUT2D eigenvalue weighted by Crippen LogP contribution is -2.21. The molecule has 0 unspecified atom stereocenters. The van der Waals surface area contributed by atoms with E-state index in [2.05, 4.69) is 29.4 Å². The van der Waals surface area contributed by atoms with Crippen LogP contribution in [0, 0.1) is 6.92 Å². The number of nitrogens with zero attached hydrogens (tertiary/aromatic N) is 1. The number of aryl methyl sites for hydroxylation is 1. The van der Waals surface area contributed by atoms with Gasteiger partial charge >= 0.3 is 0 Å². The van der Waals surface area contributed by atoms with Gasteiger partial charge in [-0.15, -0.1) is 11.3 Å². The van der Waals surface area contributed by atoms with E-state index in [0.29, 0.717) is 5.13 Å². The van der Waals surface area contributed by atoms with Crippen LogP contribution in [0.4, 0.5) is 5.13 Å². The summed E-state index contributed by atoms with van der Waals surface area (Å²) in [7, 11) is 0. The molecular weight excluding hydrogens is 246 g/mol. The molecule has 4 nitrogen and oxygen atoms in total. The van der Waals surface area contributed by atoms with Gasteiger partial charge in [-0.3, -0.25) is 4.79 Å². The van der Waals surface area contributed by atoms with Gasteiger partial charge in [-0.25, -0.2) is 4.98 Å². The molecule has 0 saturated heterocycles. The molecule has 1 aromatic heterocycles. The molecule has 0 fully saturated rings. The van der Waals surface area contributed by atoms with E-state index >= 15 is 0 Å². The van der Waals surface area contributed by atoms with Crippen LogP contribution in [0.15, 0.2) is 29.6 Å². The highest BCUT2D eigenvalue weighted by Crippen LogP contribution is 2.19. The maximum atomic E-state index is 11.1. The van der Waals surface area contributed by atoms with Gasteiger partial charge in [0.05, 0.1) is 12.2 Å². The van der Waals surface area contributed by atoms with Crippen molar-refractivity contribution < 1.29 is 4.79 Å². The first-order valence-electron chi connectivity index (χ1n) is 5.68. The molecule has 5 heteroatoms. The summed E-state index contributed by atoms with van der Waals surface area (Å²) >= 11 is 1.42. The summed E-state index contributed by atoms with van der Waals surface area (Å²) in [4.78, 5) is 15.5. The first-order valence-corrected chi connectivity index (χ1v) is 6.56. The van der Waals surface area contributed by atoms with E-state index in [4.69, 9.17) is 5.73 Å². The van der Waals surface area contributed by atoms with Crippen LogP contribution >= 0.6 is 11.3 Å². The van der Waals surface area contributed by atoms with Crippen LogP contribution < -0.4 is 11.1 Å². The molecule has 3 N–H and O–H groups in total. The zero-order chi connectivity index (χ0) is 13.0. The van der Waals surface area contributed by atoms with Gasteiger partial charge in [-0.05, 0) is 18.1 Å². The number of anilines is 1. The third kappa shape index (κ3) is 3.15. The summed E-state index contributed by atoms with van der Waals surface area (Å²) < 4.78 is 0. The Labute approximate surface area is 110 Å². The van der Waals surface area contributed by atoms with Crippen molar-refractivity contribution in [2.75, 3.05) is 11.9 Å². The number of benzene rings is 1. The number of hydrogen-bond acceptors (Lipinski definition) is 4. The van der Waals surface area contributed by atoms with E-state index in [1.54, 1.807) is 0 Å². The highest BCUT2D eigenvalue weighted by molar-refractivity contribution is 7.13. The Bertz CT molecular complexity index is 551. The van der Waals surface area contributed by atoms with Crippen LogP contribution in [0.25, 0.3) is 0 Å². The second-order valence-corrected chi connectivity index (χ2v) is 4.86. The number of amides is 1. The standard InChI is InChI=1S/C13H15N3OS/c1-9-4-2-3-5-10(9)6-11-8-18-13(15-11)16-12(17)7-14/h2-5,8H,6-7,14H2,1H3,(H,15,16,17). The molecule has 0 saturated carbocycles. The molecule has 0 aliphatic carbocycles. The molecule has 2 rings (SSSR count). The number of aromatic nitrogens is 1. The summed E-state index contributed by atoms with van der Waals surface area (Å²) in [6.45, 7) is 2.06. The molecule has 0 radical (unpaired) electrons. The third-order valence-corrected chi connectivity index (χ3v) is 3.42. The summed E-state index contributed by atoms with van der Waals surface area (Å²) in [5, 5.41) is 5.22. The Morgan fingerprint density at radius 1 is 1.44 bits per heavy atom. The van der Waals surface area contributed by atoms with E-state index in [1.807, 2.05) is 17.5 Å². The van der Waals surface area contributed by atoms with Crippen molar-refractivity contribution in [1.82, 2.24) is 4.98 Å². The maximum absolute atomic E-state index is 11.1. The van der Waals surface area contributed by atoms with Gasteiger partial charge in [0.15, 0.2) is 5.13 Å². The van der Waals surface area contributed by atoms with Crippen molar-refractivity contribution in [3.8, 4) is 0 Å². The largest absolute Gasteiger partial charge is 0.322 e. The molecule has 1 aromatic carbocycles. The lowest BCUT2D eigenvalue weighted by atomic mass is 10.1. The topological polar surface area (TPSA) is 68.0 Å². The number of rotatable bonds is 4. The summed E-state index contributed by atoms with van der Waals surface area (Å²) in [5.74, 6) is -0.216. The first kappa shape index (κ1) is 12.7. The fraction of sp³-hybridized carbons (Fsp3) is 0.231. The number of hydrogen-bond donors (Lipinski definition) is 2. The highest BCUT2D eigenvalue weighted by Gasteiger charge is 2.06. The number of carbonyl (C=O) groups is 1. The molecule has 0 atom stereocenters. The van der Waals surface area contributed by atoms with Gasteiger partial charge in [0.1, 0.15) is 0 Å². The Morgan fingerprint density at radius 2 is 2.22 bits per heavy atom. The van der Waals surface area contributed by atoms with Gasteiger partial charge in [-0.2, -0.15) is 0 Å². The van der Waals surface area contributed by atoms with E-state index in [1.165, 1.54) is 22.5 Å². The van der Waals surface area contributed by atoms with E-state index in [-0.39, 0.29) is 12.5 Å². The average molecular weight is 261 g/mol. The molecule has 0 bridgehead atoms. The molecule has 0 aliphatic rings. The van der Waals surface area contributed by atoms with Crippen molar-refractivity contribution in [3.63, 3.8) is 0 Å². The van der Waals surface area contributed by atoms with Crippen LogP contribution in [0.2, 0.25) is 0 Å². The Balaban J connectivity index is 2.07. The van der Waals surface area contributed by atoms with Crippen LogP contribution in [-0.4, -0.2) is 17.4 Å². The van der Waals surface area contributed by atoms with Crippen LogP contribution in [0.3, 0.4) is 0 Å². The number of carbonyl (C=O) groups excluding carboxylic acids is 1. The van der Waals surface area contributed by atoms with Crippen molar-refractivity contribution in [2.45, 2.75) is 13.3 Å². The molecular formula is C13H15N3OS. The van der Waals surface area contributed by atoms with Crippen molar-refractivity contribution >= 4 is 22.4 Å². The normalized spacial score (nSPS) is 10.3. The summed E-state index contributed by atoms with van der Waals surface area (Å²) in [5.41, 5.74) is 8.69. The maximum Gasteiger partial charge on any atom is 0.239 e. The molecule has 18 heavy (non-hydrogen) atoms. The fourth-order valence-corrected chi connectivity index (χ4v) is 2.35. The minimum atomic E-state index is -0.216. The van der Waals surface area contributed by atoms with Crippen LogP contribution in [0.5, 0.6) is 0 Å². The second kappa shape index (κ2) is 5.75. The van der Waals surface area contributed by atoms with Gasteiger partial charge in [0.2, 0.25) is 5.91 Å². The van der Waals surface area contributed by atoms with Gasteiger partial charge in [-0.1, -0.05) is 24.3 Å². The zero-order valence-corrected chi connectivity index (χ0v) is 11.0. The Morgan fingerprint density at radius 3 is 2.94 bits per heavy atom. The predicted molar refractivity (Wildman–Crippen MR) is 73.8 cm³/mol. The predicted octanol–water partition coefficient (Wildman–Crippen LogP) is 1.94. The third-order valence-electron chi connectivity index (χ3n) is 2.62. The number of nitrogens with two attached hydrogens (primary N) is 1. The summed E-state index contributed by atoms with van der Waals surface area (Å²) in [6.07, 6.45) is 0.779. The highest BCUT2D eigenvalue weighted by atomic mass is 32.1. The first-order chi connectivity index (χ1) is 8.69. The minimum Gasteiger partial charge on any atom is -0.322 e. The SMILES string of the molecule is Cc1ccccc1Cc1csc(NC(=O)CN)n1. The molecule has 2 aromatic rings. The lowest BCUT2D eigenvalue weighted by Gasteiger charge is -2.02. The average Bonchev–Trinajstić information content (AvgIpc) is 2.79. The van der Waals surface area contributed by atoms with Crippen molar-refractivity contribution in [1.29, 1.82) is 0 Å². The van der Waals surface area contributed by atoms with E-state index < -0.39 is 0 Å². The molecule has 0 spiro atoms. The molecule has 1 heterocycles. The minimum absolute atomic E-state index is 0.0211. The zero-order valence-electron chi connectivity index (χ0n) is 10.1. The number of thiazole rings is 1. The van der Waals surface area contributed by atoms with Crippen molar-refractivity contribution in [2.24, 2.45) is 5.73 Å². The summed E-state index contributed by atoms with van der Waals surface area (Å²) in [6, 6.07) is 8.21. The lowest BCUT2D eigenvalue weighted by molar-refractivity contribution is -0.114. The van der Waals surface area contributed by atoms with E-state index in [9.17, 15) is 4.79 Å². The van der Waals surface area contributed by atoms with Gasteiger partial charge in [0, 0.05) is 11.8 Å². The number of nitrogens with one attached hydrogen (secondary N) is 1. The molecule has 0 aliphatic heterocycles. The molecule has 94 valence electrons. The van der Waals surface area contributed by atoms with Crippen LogP contribution in [-0.2, 0) is 11.2 Å². The Hall–Kier alpha value is -1.72. The van der Waals surface area contributed by atoms with Gasteiger partial charge < -0.3 is 11.1 Å². The van der Waals surface area contributed by atoms with Gasteiger partial charge in [0.25, 0.3) is 0 Å².